The average molecular weight is 461 g/mol. The fourth-order valence-corrected chi connectivity index (χ4v) is 4.00. The molecule has 0 atom stereocenters. The van der Waals surface area contributed by atoms with Crippen LogP contribution in [0.25, 0.3) is 5.03 Å². The number of nitrogens with two attached hydrogens (primary N) is 2. The number of furan rings is 1. The van der Waals surface area contributed by atoms with Crippen molar-refractivity contribution in [3.05, 3.63) is 46.3 Å². The van der Waals surface area contributed by atoms with E-state index in [0.717, 1.165) is 12.1 Å². The molecule has 1 heterocycles. The molecule has 0 aliphatic rings. The molecule has 1 aromatic carbocycles. The summed E-state index contributed by atoms with van der Waals surface area (Å²) in [6, 6.07) is 5.19. The zero-order chi connectivity index (χ0) is 19.7. The van der Waals surface area contributed by atoms with E-state index < -0.39 is 34.3 Å². The zero-order valence-corrected chi connectivity index (χ0v) is 16.6. The third-order valence-electron chi connectivity index (χ3n) is 3.13. The first kappa shape index (κ1) is 21.0. The second kappa shape index (κ2) is 7.77. The van der Waals surface area contributed by atoms with Crippen LogP contribution in [0.2, 0.25) is 0 Å². The Morgan fingerprint density at radius 1 is 1.04 bits per heavy atom. The Hall–Kier alpha value is -1.27. The molecule has 0 saturated heterocycles. The van der Waals surface area contributed by atoms with Gasteiger partial charge in [-0.05, 0) is 24.3 Å². The van der Waals surface area contributed by atoms with Gasteiger partial charge in [0.1, 0.15) is 15.1 Å². The van der Waals surface area contributed by atoms with Crippen LogP contribution in [0.1, 0.15) is 11.3 Å². The second-order valence-electron chi connectivity index (χ2n) is 4.94. The van der Waals surface area contributed by atoms with Crippen molar-refractivity contribution in [1.29, 1.82) is 0 Å². The summed E-state index contributed by atoms with van der Waals surface area (Å²) >= 11 is 17.2. The van der Waals surface area contributed by atoms with E-state index >= 15 is 0 Å². The van der Waals surface area contributed by atoms with Crippen LogP contribution < -0.4 is 15.6 Å². The van der Waals surface area contributed by atoms with Gasteiger partial charge in [0.2, 0.25) is 20.0 Å². The summed E-state index contributed by atoms with van der Waals surface area (Å²) in [6.07, 6.45) is 1.43. The molecule has 0 aliphatic carbocycles. The van der Waals surface area contributed by atoms with Gasteiger partial charge in [0.15, 0.2) is 0 Å². The molecule has 5 N–H and O–H groups in total. The highest BCUT2D eigenvalue weighted by molar-refractivity contribution is 7.90. The molecule has 0 spiro atoms. The van der Waals surface area contributed by atoms with Gasteiger partial charge in [0, 0.05) is 5.56 Å². The predicted molar refractivity (Wildman–Crippen MR) is 99.7 cm³/mol. The van der Waals surface area contributed by atoms with Crippen molar-refractivity contribution in [2.45, 2.75) is 16.3 Å². The molecule has 1 aromatic heterocycles. The lowest BCUT2D eigenvalue weighted by molar-refractivity contribution is 0.517. The first-order valence-corrected chi connectivity index (χ1v) is 10.8. The molecule has 142 valence electrons. The van der Waals surface area contributed by atoms with Crippen LogP contribution in [0.15, 0.2) is 49.2 Å². The van der Waals surface area contributed by atoms with Crippen LogP contribution in [-0.2, 0) is 26.6 Å². The molecular formula is C13H12Cl3N3O5S2. The summed E-state index contributed by atoms with van der Waals surface area (Å²) in [5, 5.41) is 12.8. The summed E-state index contributed by atoms with van der Waals surface area (Å²) in [7, 11) is -8.68. The number of rotatable bonds is 6. The van der Waals surface area contributed by atoms with Crippen molar-refractivity contribution in [3.8, 4) is 0 Å². The number of benzene rings is 1. The molecule has 2 rings (SSSR count). The Labute approximate surface area is 164 Å². The Balaban J connectivity index is 2.72. The molecule has 0 saturated carbocycles. The van der Waals surface area contributed by atoms with Gasteiger partial charge in [-0.25, -0.2) is 27.1 Å². The zero-order valence-electron chi connectivity index (χ0n) is 12.7. The van der Waals surface area contributed by atoms with Gasteiger partial charge in [-0.1, -0.05) is 34.8 Å². The quantitative estimate of drug-likeness (QED) is 0.604. The standard InChI is InChI=1S/C13H12Cl3N3O5S2/c14-12(13(15)16)8-4-9(19-6-7-2-1-3-24-7)11(26(18,22)23)5-10(8)25(17,20)21/h1-5,19H,6H2,(H2,17,20,21)(H2,18,22,23). The van der Waals surface area contributed by atoms with E-state index in [1.807, 2.05) is 0 Å². The predicted octanol–water partition coefficient (Wildman–Crippen LogP) is 2.53. The summed E-state index contributed by atoms with van der Waals surface area (Å²) < 4.78 is 52.2. The topological polar surface area (TPSA) is 145 Å². The highest BCUT2D eigenvalue weighted by Gasteiger charge is 2.25. The molecule has 0 bridgehead atoms. The number of halogens is 3. The van der Waals surface area contributed by atoms with E-state index in [1.165, 1.54) is 6.26 Å². The van der Waals surface area contributed by atoms with Gasteiger partial charge in [-0.3, -0.25) is 0 Å². The lowest BCUT2D eigenvalue weighted by Crippen LogP contribution is -2.19. The lowest BCUT2D eigenvalue weighted by atomic mass is 10.2. The van der Waals surface area contributed by atoms with Crippen LogP contribution >= 0.6 is 34.8 Å². The highest BCUT2D eigenvalue weighted by Crippen LogP contribution is 2.36. The van der Waals surface area contributed by atoms with Crippen LogP contribution in [0.5, 0.6) is 0 Å². The number of hydrogen-bond donors (Lipinski definition) is 3. The van der Waals surface area contributed by atoms with Gasteiger partial charge in [-0.15, -0.1) is 0 Å². The van der Waals surface area contributed by atoms with Crippen molar-refractivity contribution in [2.75, 3.05) is 5.32 Å². The van der Waals surface area contributed by atoms with Gasteiger partial charge < -0.3 is 9.73 Å². The van der Waals surface area contributed by atoms with E-state index in [4.69, 9.17) is 49.5 Å². The van der Waals surface area contributed by atoms with Crippen LogP contribution in [0.3, 0.4) is 0 Å². The number of sulfonamides is 2. The maximum atomic E-state index is 11.9. The average Bonchev–Trinajstić information content (AvgIpc) is 3.02. The summed E-state index contributed by atoms with van der Waals surface area (Å²) in [6.45, 7) is 0.0830. The van der Waals surface area contributed by atoms with E-state index in [9.17, 15) is 16.8 Å². The Morgan fingerprint density at radius 3 is 2.12 bits per heavy atom. The maximum absolute atomic E-state index is 11.9. The summed E-state index contributed by atoms with van der Waals surface area (Å²) in [4.78, 5) is -1.11. The van der Waals surface area contributed by atoms with Crippen molar-refractivity contribution < 1.29 is 21.3 Å². The number of nitrogens with one attached hydrogen (secondary N) is 1. The Morgan fingerprint density at radius 2 is 1.65 bits per heavy atom. The fraction of sp³-hybridized carbons (Fsp3) is 0.0769. The molecule has 0 unspecified atom stereocenters. The number of anilines is 1. The minimum atomic E-state index is -4.37. The smallest absolute Gasteiger partial charge is 0.240 e. The molecule has 0 aliphatic heterocycles. The largest absolute Gasteiger partial charge is 0.467 e. The minimum Gasteiger partial charge on any atom is -0.467 e. The van der Waals surface area contributed by atoms with Gasteiger partial charge in [0.05, 0.1) is 28.4 Å². The first-order valence-electron chi connectivity index (χ1n) is 6.62. The van der Waals surface area contributed by atoms with E-state index in [0.29, 0.717) is 5.76 Å². The van der Waals surface area contributed by atoms with Crippen LogP contribution in [0.4, 0.5) is 5.69 Å². The van der Waals surface area contributed by atoms with Gasteiger partial charge in [0.25, 0.3) is 0 Å². The maximum Gasteiger partial charge on any atom is 0.240 e. The van der Waals surface area contributed by atoms with Crippen LogP contribution in [0, 0.1) is 0 Å². The molecular weight excluding hydrogens is 449 g/mol. The summed E-state index contributed by atoms with van der Waals surface area (Å²) in [5.41, 5.74) is -0.234. The normalized spacial score (nSPS) is 12.0. The lowest BCUT2D eigenvalue weighted by Gasteiger charge is -2.15. The number of primary sulfonamides is 2. The molecule has 0 fully saturated rings. The molecule has 26 heavy (non-hydrogen) atoms. The summed E-state index contributed by atoms with van der Waals surface area (Å²) in [5.74, 6) is 0.486. The highest BCUT2D eigenvalue weighted by atomic mass is 35.5. The van der Waals surface area contributed by atoms with Crippen LogP contribution in [-0.4, -0.2) is 16.8 Å². The minimum absolute atomic E-state index is 0.0426. The van der Waals surface area contributed by atoms with E-state index in [1.54, 1.807) is 12.1 Å². The molecule has 13 heteroatoms. The molecule has 8 nitrogen and oxygen atoms in total. The van der Waals surface area contributed by atoms with Crippen molar-refractivity contribution >= 4 is 65.6 Å². The Bertz CT molecular complexity index is 1060. The SMILES string of the molecule is NS(=O)(=O)c1cc(S(N)(=O)=O)c(C(Cl)=C(Cl)Cl)cc1NCc1ccco1. The monoisotopic (exact) mass is 459 g/mol. The number of hydrogen-bond acceptors (Lipinski definition) is 6. The molecule has 0 radical (unpaired) electrons. The first-order chi connectivity index (χ1) is 11.9. The second-order valence-corrected chi connectivity index (χ2v) is 9.33. The van der Waals surface area contributed by atoms with Crippen molar-refractivity contribution in [3.63, 3.8) is 0 Å². The molecule has 0 amide bonds. The third kappa shape index (κ3) is 4.92. The molecule has 2 aromatic rings. The van der Waals surface area contributed by atoms with E-state index in [-0.39, 0.29) is 22.8 Å². The Kier molecular flexibility index (Phi) is 6.28. The van der Waals surface area contributed by atoms with Crippen molar-refractivity contribution in [1.82, 2.24) is 0 Å². The van der Waals surface area contributed by atoms with Gasteiger partial charge in [-0.2, -0.15) is 0 Å². The fourth-order valence-electron chi connectivity index (χ4n) is 2.04. The third-order valence-corrected chi connectivity index (χ3v) is 6.00. The van der Waals surface area contributed by atoms with Crippen molar-refractivity contribution in [2.24, 2.45) is 10.3 Å². The van der Waals surface area contributed by atoms with Gasteiger partial charge >= 0.3 is 0 Å². The van der Waals surface area contributed by atoms with E-state index in [2.05, 4.69) is 5.32 Å².